The zero-order chi connectivity index (χ0) is 9.26. The highest BCUT2D eigenvalue weighted by molar-refractivity contribution is 5.29. The summed E-state index contributed by atoms with van der Waals surface area (Å²) in [6.45, 7) is 0. The van der Waals surface area contributed by atoms with Crippen LogP contribution in [0.2, 0.25) is 0 Å². The summed E-state index contributed by atoms with van der Waals surface area (Å²) in [5.41, 5.74) is 0.0201. The lowest BCUT2D eigenvalue weighted by molar-refractivity contribution is 0.626. The highest BCUT2D eigenvalue weighted by atomic mass is 19.1. The minimum absolute atomic E-state index is 0.361. The van der Waals surface area contributed by atoms with E-state index in [-0.39, 0.29) is 5.82 Å². The van der Waals surface area contributed by atoms with Crippen LogP contribution in [-0.4, -0.2) is 20.2 Å². The molecule has 1 N–H and O–H groups in total. The van der Waals surface area contributed by atoms with Gasteiger partial charge in [-0.1, -0.05) is 0 Å². The first-order chi connectivity index (χ1) is 6.27. The van der Waals surface area contributed by atoms with Crippen molar-refractivity contribution in [2.75, 3.05) is 0 Å². The average Bonchev–Trinajstić information content (AvgIpc) is 2.53. The molecule has 1 aromatic carbocycles. The summed E-state index contributed by atoms with van der Waals surface area (Å²) < 4.78 is 13.5. The normalized spacial score (nSPS) is 10.2. The molecule has 0 atom stereocenters. The van der Waals surface area contributed by atoms with E-state index in [2.05, 4.69) is 15.5 Å². The van der Waals surface area contributed by atoms with Crippen molar-refractivity contribution < 1.29 is 4.39 Å². The summed E-state index contributed by atoms with van der Waals surface area (Å²) in [5, 5.41) is 8.93. The number of tetrazole rings is 1. The number of H-pyrrole nitrogens is 1. The number of halogens is 1. The van der Waals surface area contributed by atoms with E-state index < -0.39 is 5.69 Å². The Balaban J connectivity index is 2.54. The fourth-order valence-electron chi connectivity index (χ4n) is 0.949. The molecule has 0 saturated carbocycles. The fourth-order valence-corrected chi connectivity index (χ4v) is 0.949. The molecule has 1 aromatic heterocycles. The van der Waals surface area contributed by atoms with Gasteiger partial charge < -0.3 is 0 Å². The van der Waals surface area contributed by atoms with E-state index in [1.165, 1.54) is 24.3 Å². The Morgan fingerprint density at radius 2 is 2.00 bits per heavy atom. The Bertz CT molecular complexity index is 458. The molecule has 0 spiro atoms. The lowest BCUT2D eigenvalue weighted by Gasteiger charge is -1.95. The molecule has 1 heterocycles. The van der Waals surface area contributed by atoms with E-state index in [0.29, 0.717) is 5.69 Å². The van der Waals surface area contributed by atoms with Gasteiger partial charge in [-0.3, -0.25) is 0 Å². The van der Waals surface area contributed by atoms with Crippen molar-refractivity contribution in [3.8, 4) is 5.69 Å². The number of benzene rings is 1. The van der Waals surface area contributed by atoms with Crippen LogP contribution in [0.25, 0.3) is 5.69 Å². The van der Waals surface area contributed by atoms with Gasteiger partial charge in [-0.25, -0.2) is 14.3 Å². The monoisotopic (exact) mass is 180 g/mol. The van der Waals surface area contributed by atoms with Gasteiger partial charge >= 0.3 is 5.69 Å². The van der Waals surface area contributed by atoms with Gasteiger partial charge in [-0.15, -0.1) is 0 Å². The third-order valence-corrected chi connectivity index (χ3v) is 1.54. The molecular weight excluding hydrogens is 175 g/mol. The molecule has 0 saturated heterocycles. The van der Waals surface area contributed by atoms with E-state index in [0.717, 1.165) is 4.68 Å². The molecule has 0 aliphatic rings. The number of hydrogen-bond acceptors (Lipinski definition) is 3. The van der Waals surface area contributed by atoms with Gasteiger partial charge in [0.1, 0.15) is 5.82 Å². The first-order valence-corrected chi connectivity index (χ1v) is 3.54. The van der Waals surface area contributed by atoms with Crippen molar-refractivity contribution in [1.82, 2.24) is 20.2 Å². The first-order valence-electron chi connectivity index (χ1n) is 3.54. The Kier molecular flexibility index (Phi) is 1.66. The number of nitrogens with zero attached hydrogens (tertiary/aromatic N) is 3. The van der Waals surface area contributed by atoms with Crippen molar-refractivity contribution in [1.29, 1.82) is 0 Å². The van der Waals surface area contributed by atoms with Gasteiger partial charge in [0.05, 0.1) is 5.69 Å². The Morgan fingerprint density at radius 1 is 1.31 bits per heavy atom. The van der Waals surface area contributed by atoms with Gasteiger partial charge in [0, 0.05) is 0 Å². The highest BCUT2D eigenvalue weighted by Crippen LogP contribution is 2.03. The van der Waals surface area contributed by atoms with Crippen LogP contribution in [0.15, 0.2) is 29.1 Å². The number of aromatic amines is 1. The van der Waals surface area contributed by atoms with Crippen molar-refractivity contribution >= 4 is 0 Å². The summed E-state index contributed by atoms with van der Waals surface area (Å²) in [6, 6.07) is 5.38. The second-order valence-corrected chi connectivity index (χ2v) is 2.39. The molecule has 0 aliphatic carbocycles. The lowest BCUT2D eigenvalue weighted by Crippen LogP contribution is -2.15. The molecule has 2 aromatic rings. The summed E-state index contributed by atoms with van der Waals surface area (Å²) >= 11 is 0. The van der Waals surface area contributed by atoms with Crippen molar-refractivity contribution in [2.45, 2.75) is 0 Å². The smallest absolute Gasteiger partial charge is 0.244 e. The molecule has 5 nitrogen and oxygen atoms in total. The van der Waals surface area contributed by atoms with E-state index >= 15 is 0 Å². The molecule has 13 heavy (non-hydrogen) atoms. The third-order valence-electron chi connectivity index (χ3n) is 1.54. The number of nitrogens with one attached hydrogen (secondary N) is 1. The largest absolute Gasteiger partial charge is 0.365 e. The number of rotatable bonds is 1. The van der Waals surface area contributed by atoms with Crippen molar-refractivity contribution in [2.24, 2.45) is 0 Å². The zero-order valence-electron chi connectivity index (χ0n) is 6.44. The summed E-state index contributed by atoms with van der Waals surface area (Å²) in [6.07, 6.45) is 0. The van der Waals surface area contributed by atoms with Crippen LogP contribution in [0.5, 0.6) is 0 Å². The van der Waals surface area contributed by atoms with E-state index in [1.54, 1.807) is 0 Å². The molecule has 6 heteroatoms. The van der Waals surface area contributed by atoms with E-state index in [1.807, 2.05) is 0 Å². The second-order valence-electron chi connectivity index (χ2n) is 2.39. The van der Waals surface area contributed by atoms with Gasteiger partial charge in [0.25, 0.3) is 0 Å². The summed E-state index contributed by atoms with van der Waals surface area (Å²) in [4.78, 5) is 11.0. The van der Waals surface area contributed by atoms with E-state index in [4.69, 9.17) is 0 Å². The van der Waals surface area contributed by atoms with Crippen LogP contribution in [-0.2, 0) is 0 Å². The Morgan fingerprint density at radius 3 is 2.54 bits per heavy atom. The van der Waals surface area contributed by atoms with Gasteiger partial charge in [-0.2, -0.15) is 4.68 Å². The quantitative estimate of drug-likeness (QED) is 0.676. The maximum Gasteiger partial charge on any atom is 0.365 e. The Hall–Kier alpha value is -1.98. The molecule has 0 unspecified atom stereocenters. The minimum atomic E-state index is -0.452. The summed E-state index contributed by atoms with van der Waals surface area (Å²) in [7, 11) is 0. The van der Waals surface area contributed by atoms with E-state index in [9.17, 15) is 9.18 Å². The van der Waals surface area contributed by atoms with Gasteiger partial charge in [0.15, 0.2) is 0 Å². The predicted octanol–water partition coefficient (Wildman–Crippen LogP) is 0.0947. The van der Waals surface area contributed by atoms with Crippen molar-refractivity contribution in [3.63, 3.8) is 0 Å². The van der Waals surface area contributed by atoms with Gasteiger partial charge in [-0.05, 0) is 34.7 Å². The van der Waals surface area contributed by atoms with Crippen LogP contribution in [0, 0.1) is 5.82 Å². The molecule has 2 rings (SSSR count). The minimum Gasteiger partial charge on any atom is -0.244 e. The maximum absolute atomic E-state index is 12.5. The Labute approximate surface area is 71.8 Å². The second kappa shape index (κ2) is 2.81. The average molecular weight is 180 g/mol. The molecule has 0 amide bonds. The fraction of sp³-hybridized carbons (Fsp3) is 0. The molecule has 0 bridgehead atoms. The standard InChI is InChI=1S/C7H5FN4O/c8-5-1-3-6(4-2-5)12-7(13)9-10-11-12/h1-4H,(H,9,11,13). The van der Waals surface area contributed by atoms with Crippen LogP contribution in [0.3, 0.4) is 0 Å². The molecular formula is C7H5FN4O. The lowest BCUT2D eigenvalue weighted by atomic mass is 10.3. The first kappa shape index (κ1) is 7.66. The van der Waals surface area contributed by atoms with Crippen LogP contribution in [0.1, 0.15) is 0 Å². The summed E-state index contributed by atoms with van der Waals surface area (Å²) in [5.74, 6) is -0.361. The predicted molar refractivity (Wildman–Crippen MR) is 41.9 cm³/mol. The molecule has 0 radical (unpaired) electrons. The van der Waals surface area contributed by atoms with Crippen LogP contribution in [0.4, 0.5) is 4.39 Å². The molecule has 66 valence electrons. The van der Waals surface area contributed by atoms with Crippen molar-refractivity contribution in [3.05, 3.63) is 40.6 Å². The third kappa shape index (κ3) is 1.33. The molecule has 0 aliphatic heterocycles. The van der Waals surface area contributed by atoms with Gasteiger partial charge in [0.2, 0.25) is 0 Å². The highest BCUT2D eigenvalue weighted by Gasteiger charge is 2.01. The topological polar surface area (TPSA) is 63.6 Å². The zero-order valence-corrected chi connectivity index (χ0v) is 6.44. The number of hydrogen-bond donors (Lipinski definition) is 1. The van der Waals surface area contributed by atoms with Crippen LogP contribution < -0.4 is 5.69 Å². The SMILES string of the molecule is O=c1[nH]nnn1-c1ccc(F)cc1. The van der Waals surface area contributed by atoms with Crippen LogP contribution >= 0.6 is 0 Å². The maximum atomic E-state index is 12.5. The number of aromatic nitrogens is 4. The molecule has 0 fully saturated rings.